The highest BCUT2D eigenvalue weighted by Crippen LogP contribution is 2.25. The Morgan fingerprint density at radius 1 is 1.26 bits per heavy atom. The summed E-state index contributed by atoms with van der Waals surface area (Å²) in [6, 6.07) is 7.07. The Balaban J connectivity index is 2.79. The molecule has 104 valence electrons. The van der Waals surface area contributed by atoms with Crippen molar-refractivity contribution in [2.75, 3.05) is 11.9 Å². The fraction of sp³-hybridized carbons (Fsp3) is 0.429. The molecular formula is C14H19NO4. The third-order valence-corrected chi connectivity index (χ3v) is 3.00. The number of carbonyl (C=O) groups excluding carboxylic acids is 1. The molecule has 0 aliphatic carbocycles. The predicted octanol–water partition coefficient (Wildman–Crippen LogP) is 2.38. The fourth-order valence-electron chi connectivity index (χ4n) is 1.54. The summed E-state index contributed by atoms with van der Waals surface area (Å²) in [5.41, 5.74) is 0.554. The average Bonchev–Trinajstić information content (AvgIpc) is 2.39. The largest absolute Gasteiger partial charge is 0.492 e. The summed E-state index contributed by atoms with van der Waals surface area (Å²) < 4.78 is 5.39. The van der Waals surface area contributed by atoms with Crippen LogP contribution >= 0.6 is 0 Å². The van der Waals surface area contributed by atoms with Gasteiger partial charge in [-0.1, -0.05) is 26.0 Å². The summed E-state index contributed by atoms with van der Waals surface area (Å²) in [4.78, 5) is 22.8. The summed E-state index contributed by atoms with van der Waals surface area (Å²) in [5.74, 6) is -2.09. The summed E-state index contributed by atoms with van der Waals surface area (Å²) in [6.07, 6.45) is 0. The van der Waals surface area contributed by atoms with Gasteiger partial charge < -0.3 is 15.2 Å². The molecule has 0 saturated carbocycles. The van der Waals surface area contributed by atoms with Crippen LogP contribution in [0.2, 0.25) is 0 Å². The van der Waals surface area contributed by atoms with Crippen molar-refractivity contribution in [3.05, 3.63) is 24.3 Å². The van der Waals surface area contributed by atoms with Crippen molar-refractivity contribution in [3.8, 4) is 5.75 Å². The number of hydrogen-bond donors (Lipinski definition) is 2. The van der Waals surface area contributed by atoms with Crippen LogP contribution in [0.1, 0.15) is 20.8 Å². The maximum Gasteiger partial charge on any atom is 0.307 e. The van der Waals surface area contributed by atoms with Crippen LogP contribution in [0.5, 0.6) is 5.75 Å². The van der Waals surface area contributed by atoms with Crippen LogP contribution in [-0.4, -0.2) is 23.6 Å². The molecular weight excluding hydrogens is 246 g/mol. The van der Waals surface area contributed by atoms with E-state index in [4.69, 9.17) is 9.84 Å². The first-order valence-electron chi connectivity index (χ1n) is 6.22. The van der Waals surface area contributed by atoms with Crippen molar-refractivity contribution in [1.29, 1.82) is 0 Å². The van der Waals surface area contributed by atoms with Gasteiger partial charge in [-0.15, -0.1) is 0 Å². The molecule has 2 N–H and O–H groups in total. The molecule has 0 bridgehead atoms. The minimum Gasteiger partial charge on any atom is -0.492 e. The standard InChI is InChI=1S/C14H19NO4/c1-4-19-12-8-6-5-7-11(12)15-13(16)9(2)10(3)14(17)18/h5-10H,4H2,1-3H3,(H,15,16)(H,17,18). The first-order chi connectivity index (χ1) is 8.97. The average molecular weight is 265 g/mol. The van der Waals surface area contributed by atoms with Crippen LogP contribution in [0.25, 0.3) is 0 Å². The molecule has 0 aliphatic rings. The molecule has 1 amide bonds. The molecule has 5 nitrogen and oxygen atoms in total. The number of carbonyl (C=O) groups is 2. The second kappa shape index (κ2) is 6.78. The number of hydrogen-bond acceptors (Lipinski definition) is 3. The van der Waals surface area contributed by atoms with Crippen LogP contribution in [0.4, 0.5) is 5.69 Å². The lowest BCUT2D eigenvalue weighted by Crippen LogP contribution is -2.30. The molecule has 5 heteroatoms. The zero-order chi connectivity index (χ0) is 14.4. The monoisotopic (exact) mass is 265 g/mol. The van der Waals surface area contributed by atoms with Gasteiger partial charge in [0.2, 0.25) is 5.91 Å². The molecule has 2 atom stereocenters. The van der Waals surface area contributed by atoms with Gasteiger partial charge in [-0.3, -0.25) is 9.59 Å². The van der Waals surface area contributed by atoms with Crippen molar-refractivity contribution >= 4 is 17.6 Å². The molecule has 0 aromatic heterocycles. The van der Waals surface area contributed by atoms with E-state index in [1.54, 1.807) is 25.1 Å². The zero-order valence-electron chi connectivity index (χ0n) is 11.3. The number of anilines is 1. The predicted molar refractivity (Wildman–Crippen MR) is 72.2 cm³/mol. The number of ether oxygens (including phenoxy) is 1. The first-order valence-corrected chi connectivity index (χ1v) is 6.22. The molecule has 0 heterocycles. The zero-order valence-corrected chi connectivity index (χ0v) is 11.3. The van der Waals surface area contributed by atoms with Crippen LogP contribution in [0, 0.1) is 11.8 Å². The maximum absolute atomic E-state index is 12.0. The molecule has 0 saturated heterocycles. The molecule has 1 aromatic carbocycles. The maximum atomic E-state index is 12.0. The van der Waals surface area contributed by atoms with Crippen molar-refractivity contribution < 1.29 is 19.4 Å². The van der Waals surface area contributed by atoms with E-state index in [2.05, 4.69) is 5.32 Å². The van der Waals surface area contributed by atoms with Crippen molar-refractivity contribution in [2.24, 2.45) is 11.8 Å². The lowest BCUT2D eigenvalue weighted by molar-refractivity contribution is -0.145. The van der Waals surface area contributed by atoms with E-state index in [1.807, 2.05) is 13.0 Å². The molecule has 0 aliphatic heterocycles. The number of aliphatic carboxylic acids is 1. The first kappa shape index (κ1) is 15.0. The van der Waals surface area contributed by atoms with E-state index in [-0.39, 0.29) is 5.91 Å². The lowest BCUT2D eigenvalue weighted by atomic mass is 9.95. The highest BCUT2D eigenvalue weighted by Gasteiger charge is 2.26. The van der Waals surface area contributed by atoms with Crippen LogP contribution < -0.4 is 10.1 Å². The van der Waals surface area contributed by atoms with E-state index < -0.39 is 17.8 Å². The topological polar surface area (TPSA) is 75.6 Å². The number of carboxylic acids is 1. The van der Waals surface area contributed by atoms with Gasteiger partial charge in [0.15, 0.2) is 0 Å². The van der Waals surface area contributed by atoms with Crippen LogP contribution in [-0.2, 0) is 9.59 Å². The Bertz CT molecular complexity index is 459. The molecule has 0 spiro atoms. The van der Waals surface area contributed by atoms with Crippen LogP contribution in [0.3, 0.4) is 0 Å². The highest BCUT2D eigenvalue weighted by atomic mass is 16.5. The van der Waals surface area contributed by atoms with Gasteiger partial charge in [0, 0.05) is 5.92 Å². The Morgan fingerprint density at radius 2 is 1.89 bits per heavy atom. The molecule has 1 rings (SSSR count). The number of carboxylic acid groups (broad SMARTS) is 1. The molecule has 0 radical (unpaired) electrons. The van der Waals surface area contributed by atoms with Crippen LogP contribution in [0.15, 0.2) is 24.3 Å². The van der Waals surface area contributed by atoms with Gasteiger partial charge in [-0.05, 0) is 19.1 Å². The molecule has 1 aromatic rings. The van der Waals surface area contributed by atoms with Crippen molar-refractivity contribution in [2.45, 2.75) is 20.8 Å². The third kappa shape index (κ3) is 3.98. The highest BCUT2D eigenvalue weighted by molar-refractivity contribution is 5.95. The Hall–Kier alpha value is -2.04. The SMILES string of the molecule is CCOc1ccccc1NC(=O)C(C)C(C)C(=O)O. The second-order valence-corrected chi connectivity index (χ2v) is 4.33. The van der Waals surface area contributed by atoms with Gasteiger partial charge in [-0.2, -0.15) is 0 Å². The number of rotatable bonds is 6. The van der Waals surface area contributed by atoms with E-state index in [9.17, 15) is 9.59 Å². The summed E-state index contributed by atoms with van der Waals surface area (Å²) in [5, 5.41) is 11.6. The Morgan fingerprint density at radius 3 is 2.47 bits per heavy atom. The number of benzene rings is 1. The Labute approximate surface area is 112 Å². The van der Waals surface area contributed by atoms with Gasteiger partial charge in [0.1, 0.15) is 5.75 Å². The second-order valence-electron chi connectivity index (χ2n) is 4.33. The summed E-state index contributed by atoms with van der Waals surface area (Å²) in [6.45, 7) is 5.46. The van der Waals surface area contributed by atoms with Gasteiger partial charge in [0.25, 0.3) is 0 Å². The number of para-hydroxylation sites is 2. The van der Waals surface area contributed by atoms with E-state index in [1.165, 1.54) is 6.92 Å². The smallest absolute Gasteiger partial charge is 0.307 e. The van der Waals surface area contributed by atoms with Gasteiger partial charge in [-0.25, -0.2) is 0 Å². The van der Waals surface area contributed by atoms with E-state index >= 15 is 0 Å². The number of amides is 1. The number of nitrogens with one attached hydrogen (secondary N) is 1. The van der Waals surface area contributed by atoms with Crippen molar-refractivity contribution in [3.63, 3.8) is 0 Å². The minimum atomic E-state index is -0.985. The van der Waals surface area contributed by atoms with Gasteiger partial charge in [0.05, 0.1) is 18.2 Å². The van der Waals surface area contributed by atoms with Crippen molar-refractivity contribution in [1.82, 2.24) is 0 Å². The summed E-state index contributed by atoms with van der Waals surface area (Å²) >= 11 is 0. The Kier molecular flexibility index (Phi) is 5.36. The van der Waals surface area contributed by atoms with Gasteiger partial charge >= 0.3 is 5.97 Å². The molecule has 0 fully saturated rings. The van der Waals surface area contributed by atoms with E-state index in [0.717, 1.165) is 0 Å². The quantitative estimate of drug-likeness (QED) is 0.828. The normalized spacial score (nSPS) is 13.4. The molecule has 19 heavy (non-hydrogen) atoms. The molecule has 2 unspecified atom stereocenters. The summed E-state index contributed by atoms with van der Waals surface area (Å²) in [7, 11) is 0. The minimum absolute atomic E-state index is 0.331. The lowest BCUT2D eigenvalue weighted by Gasteiger charge is -2.17. The fourth-order valence-corrected chi connectivity index (χ4v) is 1.54. The van der Waals surface area contributed by atoms with E-state index in [0.29, 0.717) is 18.0 Å². The third-order valence-electron chi connectivity index (χ3n) is 3.00.